The number of rotatable bonds is 6. The molecule has 0 nitrogen and oxygen atoms in total. The quantitative estimate of drug-likeness (QED) is 0.443. The number of halogens is 17. The Balaban J connectivity index is 6.51. The topological polar surface area (TPSA) is 0 Å². The number of allylic oxidation sites excluding steroid dienone is 2. The minimum absolute atomic E-state index is 5.09. The smallest absolute Gasteiger partial charge is 0.203 e. The van der Waals surface area contributed by atoms with Crippen LogP contribution in [0.15, 0.2) is 11.7 Å². The molecule has 0 aliphatic heterocycles. The van der Waals surface area contributed by atoms with E-state index in [1.165, 1.54) is 0 Å². The second-order valence-electron chi connectivity index (χ2n) is 4.35. The number of alkyl halides is 15. The first-order valence-corrected chi connectivity index (χ1v) is 5.31. The summed E-state index contributed by atoms with van der Waals surface area (Å²) in [5.74, 6) is -48.3. The molecular formula is C9HF17. The lowest BCUT2D eigenvalue weighted by Gasteiger charge is -2.33. The molecule has 156 valence electrons. The Labute approximate surface area is 130 Å². The molecule has 0 atom stereocenters. The van der Waals surface area contributed by atoms with Crippen LogP contribution in [0, 0.1) is 0 Å². The normalized spacial score (nSPS) is 16.8. The minimum Gasteiger partial charge on any atom is -0.203 e. The fraction of sp³-hybridized carbons (Fsp3) is 0.778. The van der Waals surface area contributed by atoms with Gasteiger partial charge in [0.05, 0.1) is 0 Å². The van der Waals surface area contributed by atoms with E-state index in [9.17, 15) is 74.6 Å². The van der Waals surface area contributed by atoms with Crippen LogP contribution in [0.3, 0.4) is 0 Å². The third kappa shape index (κ3) is 3.27. The van der Waals surface area contributed by atoms with E-state index in [4.69, 9.17) is 0 Å². The van der Waals surface area contributed by atoms with Crippen LogP contribution in [0.25, 0.3) is 0 Å². The molecule has 0 saturated heterocycles. The highest BCUT2D eigenvalue weighted by atomic mass is 19.4. The largest absolute Gasteiger partial charge is 0.460 e. The first kappa shape index (κ1) is 24.6. The Morgan fingerprint density at radius 1 is 0.500 bits per heavy atom. The number of hydrogen-bond donors (Lipinski definition) is 0. The summed E-state index contributed by atoms with van der Waals surface area (Å²) in [4.78, 5) is 0. The van der Waals surface area contributed by atoms with Gasteiger partial charge in [-0.15, -0.1) is 0 Å². The van der Waals surface area contributed by atoms with Crippen molar-refractivity contribution in [1.29, 1.82) is 0 Å². The average Bonchev–Trinajstić information content (AvgIpc) is 2.43. The van der Waals surface area contributed by atoms with E-state index < -0.39 is 53.9 Å². The van der Waals surface area contributed by atoms with Crippen LogP contribution in [0.1, 0.15) is 0 Å². The molecule has 0 radical (unpaired) electrons. The summed E-state index contributed by atoms with van der Waals surface area (Å²) in [7, 11) is 0. The first-order valence-electron chi connectivity index (χ1n) is 5.31. The summed E-state index contributed by atoms with van der Waals surface area (Å²) in [6, 6.07) is 0. The van der Waals surface area contributed by atoms with Crippen LogP contribution in [0.2, 0.25) is 0 Å². The standard InChI is InChI=1S/C9HF17/c10-1(4(14,15)6(18,19)3(12)13)2(11)5(16,17)7(20,21)8(22,23)9(24,25)26/h3H. The maximum Gasteiger partial charge on any atom is 0.460 e. The van der Waals surface area contributed by atoms with Crippen molar-refractivity contribution in [2.45, 2.75) is 42.2 Å². The van der Waals surface area contributed by atoms with Crippen molar-refractivity contribution in [3.05, 3.63) is 11.7 Å². The van der Waals surface area contributed by atoms with Crippen molar-refractivity contribution >= 4 is 0 Å². The van der Waals surface area contributed by atoms with Crippen molar-refractivity contribution in [3.8, 4) is 0 Å². The second kappa shape index (κ2) is 6.31. The van der Waals surface area contributed by atoms with Gasteiger partial charge in [-0.25, -0.2) is 17.6 Å². The fourth-order valence-electron chi connectivity index (χ4n) is 1.07. The molecule has 0 aliphatic carbocycles. The molecule has 0 rings (SSSR count). The molecule has 0 aromatic carbocycles. The van der Waals surface area contributed by atoms with Crippen LogP contribution < -0.4 is 0 Å². The molecule has 26 heavy (non-hydrogen) atoms. The van der Waals surface area contributed by atoms with E-state index in [1.807, 2.05) is 0 Å². The zero-order chi connectivity index (χ0) is 21.7. The Morgan fingerprint density at radius 3 is 1.08 bits per heavy atom. The van der Waals surface area contributed by atoms with Gasteiger partial charge in [0, 0.05) is 0 Å². The van der Waals surface area contributed by atoms with Gasteiger partial charge >= 0.3 is 42.2 Å². The molecule has 0 bridgehead atoms. The SMILES string of the molecule is FC(=C(F)C(F)(F)C(F)(F)C(F)(F)C(F)(F)F)C(F)(F)C(F)(F)C(F)F. The van der Waals surface area contributed by atoms with Gasteiger partial charge < -0.3 is 0 Å². The molecule has 0 saturated carbocycles. The van der Waals surface area contributed by atoms with Crippen LogP contribution >= 0.6 is 0 Å². The summed E-state index contributed by atoms with van der Waals surface area (Å²) >= 11 is 0. The lowest BCUT2D eigenvalue weighted by atomic mass is 10.00. The molecule has 0 heterocycles. The molecular weight excluding hydrogens is 431 g/mol. The Hall–Kier alpha value is -1.45. The summed E-state index contributed by atoms with van der Waals surface area (Å²) in [6.45, 7) is 0. The monoisotopic (exact) mass is 432 g/mol. The van der Waals surface area contributed by atoms with Crippen molar-refractivity contribution in [1.82, 2.24) is 0 Å². The van der Waals surface area contributed by atoms with E-state index in [0.29, 0.717) is 0 Å². The fourth-order valence-corrected chi connectivity index (χ4v) is 1.07. The van der Waals surface area contributed by atoms with Crippen LogP contribution in [-0.2, 0) is 0 Å². The minimum atomic E-state index is -8.02. The molecule has 0 N–H and O–H groups in total. The highest BCUT2D eigenvalue weighted by Gasteiger charge is 2.84. The van der Waals surface area contributed by atoms with Crippen molar-refractivity contribution < 1.29 is 74.6 Å². The number of hydrogen-bond acceptors (Lipinski definition) is 0. The van der Waals surface area contributed by atoms with Crippen molar-refractivity contribution in [3.63, 3.8) is 0 Å². The van der Waals surface area contributed by atoms with Crippen LogP contribution in [0.5, 0.6) is 0 Å². The van der Waals surface area contributed by atoms with Gasteiger partial charge in [0.1, 0.15) is 0 Å². The molecule has 0 aliphatic rings. The first-order chi connectivity index (χ1) is 11.0. The van der Waals surface area contributed by atoms with Crippen LogP contribution in [-0.4, -0.2) is 42.2 Å². The van der Waals surface area contributed by atoms with E-state index in [0.717, 1.165) is 0 Å². The molecule has 0 aromatic rings. The van der Waals surface area contributed by atoms with Gasteiger partial charge in [-0.3, -0.25) is 0 Å². The van der Waals surface area contributed by atoms with E-state index in [-0.39, 0.29) is 0 Å². The highest BCUT2D eigenvalue weighted by Crippen LogP contribution is 2.57. The predicted molar refractivity (Wildman–Crippen MR) is 46.0 cm³/mol. The predicted octanol–water partition coefficient (Wildman–Crippen LogP) is 6.14. The molecule has 0 spiro atoms. The van der Waals surface area contributed by atoms with Gasteiger partial charge in [-0.2, -0.15) is 57.1 Å². The van der Waals surface area contributed by atoms with Crippen molar-refractivity contribution in [2.24, 2.45) is 0 Å². The average molecular weight is 432 g/mol. The third-order valence-electron chi connectivity index (χ3n) is 2.58. The van der Waals surface area contributed by atoms with E-state index >= 15 is 0 Å². The maximum atomic E-state index is 12.8. The maximum absolute atomic E-state index is 12.8. The summed E-state index contributed by atoms with van der Waals surface area (Å²) in [5.41, 5.74) is 0. The van der Waals surface area contributed by atoms with Crippen LogP contribution in [0.4, 0.5) is 74.6 Å². The van der Waals surface area contributed by atoms with Gasteiger partial charge in [0.2, 0.25) is 11.7 Å². The summed E-state index contributed by atoms with van der Waals surface area (Å²) in [5, 5.41) is 0. The van der Waals surface area contributed by atoms with Gasteiger partial charge in [0.15, 0.2) is 0 Å². The Morgan fingerprint density at radius 2 is 0.808 bits per heavy atom. The van der Waals surface area contributed by atoms with Gasteiger partial charge in [-0.05, 0) is 0 Å². The van der Waals surface area contributed by atoms with E-state index in [1.54, 1.807) is 0 Å². The lowest BCUT2D eigenvalue weighted by molar-refractivity contribution is -0.392. The van der Waals surface area contributed by atoms with Gasteiger partial charge in [-0.1, -0.05) is 0 Å². The molecule has 0 amide bonds. The second-order valence-corrected chi connectivity index (χ2v) is 4.35. The Bertz CT molecular complexity index is 549. The summed E-state index contributed by atoms with van der Waals surface area (Å²) in [6.07, 6.45) is -13.2. The molecule has 0 aromatic heterocycles. The molecule has 0 fully saturated rings. The summed E-state index contributed by atoms with van der Waals surface area (Å²) < 4.78 is 210. The zero-order valence-corrected chi connectivity index (χ0v) is 11.0. The Kier molecular flexibility index (Phi) is 5.96. The zero-order valence-electron chi connectivity index (χ0n) is 11.0. The molecule has 0 unspecified atom stereocenters. The third-order valence-corrected chi connectivity index (χ3v) is 2.58. The molecule has 17 heteroatoms. The van der Waals surface area contributed by atoms with Gasteiger partial charge in [0.25, 0.3) is 0 Å². The van der Waals surface area contributed by atoms with Crippen molar-refractivity contribution in [2.75, 3.05) is 0 Å². The highest BCUT2D eigenvalue weighted by molar-refractivity contribution is 5.24. The van der Waals surface area contributed by atoms with E-state index in [2.05, 4.69) is 0 Å². The lowest BCUT2D eigenvalue weighted by Crippen LogP contribution is -2.61.